The summed E-state index contributed by atoms with van der Waals surface area (Å²) in [4.78, 5) is 0. The predicted molar refractivity (Wildman–Crippen MR) is 80.4 cm³/mol. The van der Waals surface area contributed by atoms with Crippen LogP contribution in [-0.4, -0.2) is 16.7 Å². The van der Waals surface area contributed by atoms with Gasteiger partial charge in [-0.1, -0.05) is 32.9 Å². The minimum absolute atomic E-state index is 0.0938. The van der Waals surface area contributed by atoms with E-state index in [9.17, 15) is 5.11 Å². The highest BCUT2D eigenvalue weighted by Crippen LogP contribution is 2.50. The summed E-state index contributed by atoms with van der Waals surface area (Å²) in [5, 5.41) is 10.2. The minimum atomic E-state index is -0.509. The first kappa shape index (κ1) is 17.4. The van der Waals surface area contributed by atoms with Gasteiger partial charge in [0.1, 0.15) is 0 Å². The van der Waals surface area contributed by atoms with Crippen LogP contribution in [-0.2, 0) is 0 Å². The molecule has 2 heteroatoms. The standard InChI is InChI=1S/C16H31NO/c1-8-11-14(5,10-3)16(7,17)15(6,12-9-2)13(4)18/h8-9,13,18H,1-2,10-12,17H2,3-7H3. The smallest absolute Gasteiger partial charge is 0.0586 e. The maximum absolute atomic E-state index is 10.2. The highest BCUT2D eigenvalue weighted by Gasteiger charge is 2.53. The van der Waals surface area contributed by atoms with Gasteiger partial charge in [0.05, 0.1) is 6.10 Å². The van der Waals surface area contributed by atoms with Gasteiger partial charge in [0.25, 0.3) is 0 Å². The minimum Gasteiger partial charge on any atom is -0.393 e. The van der Waals surface area contributed by atoms with Crippen LogP contribution in [0.15, 0.2) is 25.3 Å². The number of allylic oxidation sites excluding steroid dienone is 2. The Bertz CT molecular complexity index is 295. The molecule has 0 aromatic heterocycles. The molecule has 0 rings (SSSR count). The summed E-state index contributed by atoms with van der Waals surface area (Å²) < 4.78 is 0. The van der Waals surface area contributed by atoms with Gasteiger partial charge in [0.15, 0.2) is 0 Å². The Balaban J connectivity index is 5.66. The summed E-state index contributed by atoms with van der Waals surface area (Å²) in [5.74, 6) is 0. The monoisotopic (exact) mass is 253 g/mol. The molecule has 18 heavy (non-hydrogen) atoms. The molecule has 0 fully saturated rings. The van der Waals surface area contributed by atoms with Crippen molar-refractivity contribution in [2.24, 2.45) is 16.6 Å². The molecule has 0 aliphatic heterocycles. The van der Waals surface area contributed by atoms with Crippen molar-refractivity contribution in [2.45, 2.75) is 65.5 Å². The number of aliphatic hydroxyl groups excluding tert-OH is 1. The fourth-order valence-electron chi connectivity index (χ4n) is 2.85. The van der Waals surface area contributed by atoms with Gasteiger partial charge in [-0.15, -0.1) is 13.2 Å². The maximum Gasteiger partial charge on any atom is 0.0586 e. The van der Waals surface area contributed by atoms with Gasteiger partial charge in [-0.05, 0) is 38.5 Å². The van der Waals surface area contributed by atoms with Crippen molar-refractivity contribution in [1.29, 1.82) is 0 Å². The first-order chi connectivity index (χ1) is 8.13. The van der Waals surface area contributed by atoms with Crippen LogP contribution in [0, 0.1) is 10.8 Å². The van der Waals surface area contributed by atoms with Crippen LogP contribution in [0.25, 0.3) is 0 Å². The zero-order valence-corrected chi connectivity index (χ0v) is 12.8. The number of hydrogen-bond donors (Lipinski definition) is 2. The first-order valence-corrected chi connectivity index (χ1v) is 6.81. The molecular weight excluding hydrogens is 222 g/mol. The number of nitrogens with two attached hydrogens (primary N) is 1. The number of aliphatic hydroxyl groups is 1. The van der Waals surface area contributed by atoms with Crippen molar-refractivity contribution in [3.63, 3.8) is 0 Å². The predicted octanol–water partition coefficient (Wildman–Crippen LogP) is 3.66. The first-order valence-electron chi connectivity index (χ1n) is 6.81. The van der Waals surface area contributed by atoms with E-state index in [0.29, 0.717) is 6.42 Å². The van der Waals surface area contributed by atoms with Gasteiger partial charge >= 0.3 is 0 Å². The second kappa shape index (κ2) is 6.03. The normalized spacial score (nSPS) is 23.3. The fourth-order valence-corrected chi connectivity index (χ4v) is 2.85. The zero-order chi connectivity index (χ0) is 14.6. The Morgan fingerprint density at radius 2 is 1.61 bits per heavy atom. The Morgan fingerprint density at radius 3 is 1.89 bits per heavy atom. The largest absolute Gasteiger partial charge is 0.393 e. The maximum atomic E-state index is 10.2. The van der Waals surface area contributed by atoms with E-state index in [4.69, 9.17) is 5.73 Å². The molecule has 0 radical (unpaired) electrons. The van der Waals surface area contributed by atoms with Crippen molar-refractivity contribution in [3.05, 3.63) is 25.3 Å². The average Bonchev–Trinajstić information content (AvgIpc) is 2.28. The summed E-state index contributed by atoms with van der Waals surface area (Å²) >= 11 is 0. The molecule has 0 saturated heterocycles. The van der Waals surface area contributed by atoms with E-state index in [1.807, 2.05) is 19.1 Å². The molecule has 0 bridgehead atoms. The molecule has 0 saturated carbocycles. The lowest BCUT2D eigenvalue weighted by molar-refractivity contribution is -0.0594. The third-order valence-electron chi connectivity index (χ3n) is 5.31. The van der Waals surface area contributed by atoms with Crippen molar-refractivity contribution in [1.82, 2.24) is 0 Å². The molecule has 0 aromatic rings. The second-order valence-electron chi connectivity index (χ2n) is 6.20. The van der Waals surface area contributed by atoms with E-state index in [1.165, 1.54) is 0 Å². The van der Waals surface area contributed by atoms with Crippen LogP contribution in [0.3, 0.4) is 0 Å². The van der Waals surface area contributed by atoms with Crippen LogP contribution in [0.5, 0.6) is 0 Å². The summed E-state index contributed by atoms with van der Waals surface area (Å²) in [7, 11) is 0. The topological polar surface area (TPSA) is 46.2 Å². The van der Waals surface area contributed by atoms with Crippen molar-refractivity contribution in [3.8, 4) is 0 Å². The van der Waals surface area contributed by atoms with Crippen molar-refractivity contribution in [2.75, 3.05) is 0 Å². The molecule has 4 atom stereocenters. The van der Waals surface area contributed by atoms with E-state index in [1.54, 1.807) is 0 Å². The van der Waals surface area contributed by atoms with Crippen LogP contribution in [0.1, 0.15) is 53.9 Å². The van der Waals surface area contributed by atoms with Crippen LogP contribution < -0.4 is 5.73 Å². The summed E-state index contributed by atoms with van der Waals surface area (Å²) in [6.07, 6.45) is 5.78. The fraction of sp³-hybridized carbons (Fsp3) is 0.750. The zero-order valence-electron chi connectivity index (χ0n) is 12.8. The van der Waals surface area contributed by atoms with E-state index in [0.717, 1.165) is 12.8 Å². The Kier molecular flexibility index (Phi) is 5.83. The third-order valence-corrected chi connectivity index (χ3v) is 5.31. The molecule has 4 unspecified atom stereocenters. The SMILES string of the molecule is C=CCC(C)(CC)C(C)(N)C(C)(CC=C)C(C)O. The number of rotatable bonds is 8. The molecule has 0 aliphatic rings. The van der Waals surface area contributed by atoms with E-state index in [-0.39, 0.29) is 5.41 Å². The quantitative estimate of drug-likeness (QED) is 0.648. The lowest BCUT2D eigenvalue weighted by Gasteiger charge is -2.55. The third kappa shape index (κ3) is 2.70. The second-order valence-corrected chi connectivity index (χ2v) is 6.20. The molecular formula is C16H31NO. The highest BCUT2D eigenvalue weighted by molar-refractivity contribution is 5.11. The Hall–Kier alpha value is -0.600. The van der Waals surface area contributed by atoms with Crippen LogP contribution >= 0.6 is 0 Å². The summed E-state index contributed by atoms with van der Waals surface area (Å²) in [5.41, 5.74) is 5.70. The average molecular weight is 253 g/mol. The summed E-state index contributed by atoms with van der Waals surface area (Å²) in [6, 6.07) is 0. The molecule has 0 heterocycles. The molecule has 2 nitrogen and oxygen atoms in total. The van der Waals surface area contributed by atoms with E-state index < -0.39 is 17.1 Å². The molecule has 0 spiro atoms. The molecule has 0 aromatic carbocycles. The number of hydrogen-bond acceptors (Lipinski definition) is 2. The van der Waals surface area contributed by atoms with Gasteiger partial charge in [-0.25, -0.2) is 0 Å². The molecule has 3 N–H and O–H groups in total. The molecule has 106 valence electrons. The molecule has 0 aliphatic carbocycles. The van der Waals surface area contributed by atoms with Crippen molar-refractivity contribution < 1.29 is 5.11 Å². The van der Waals surface area contributed by atoms with Gasteiger partial charge < -0.3 is 10.8 Å². The Labute approximate surface area is 113 Å². The van der Waals surface area contributed by atoms with E-state index >= 15 is 0 Å². The van der Waals surface area contributed by atoms with Gasteiger partial charge in [0, 0.05) is 11.0 Å². The highest BCUT2D eigenvalue weighted by atomic mass is 16.3. The molecule has 0 amide bonds. The van der Waals surface area contributed by atoms with Crippen LogP contribution in [0.4, 0.5) is 0 Å². The van der Waals surface area contributed by atoms with Crippen LogP contribution in [0.2, 0.25) is 0 Å². The lowest BCUT2D eigenvalue weighted by Crippen LogP contribution is -2.65. The van der Waals surface area contributed by atoms with E-state index in [2.05, 4.69) is 40.9 Å². The van der Waals surface area contributed by atoms with Gasteiger partial charge in [-0.3, -0.25) is 0 Å². The van der Waals surface area contributed by atoms with Gasteiger partial charge in [0.2, 0.25) is 0 Å². The Morgan fingerprint density at radius 1 is 1.17 bits per heavy atom. The van der Waals surface area contributed by atoms with Crippen molar-refractivity contribution >= 4 is 0 Å². The van der Waals surface area contributed by atoms with Gasteiger partial charge in [-0.2, -0.15) is 0 Å². The summed E-state index contributed by atoms with van der Waals surface area (Å²) in [6.45, 7) is 17.9. The lowest BCUT2D eigenvalue weighted by atomic mass is 9.54.